The van der Waals surface area contributed by atoms with Gasteiger partial charge in [0.05, 0.1) is 5.60 Å². The van der Waals surface area contributed by atoms with Gasteiger partial charge in [-0.15, -0.1) is 6.58 Å². The molecule has 0 aromatic rings. The van der Waals surface area contributed by atoms with Crippen LogP contribution < -0.4 is 0 Å². The van der Waals surface area contributed by atoms with E-state index >= 15 is 0 Å². The molecule has 1 heteroatoms. The van der Waals surface area contributed by atoms with Crippen LogP contribution in [0.25, 0.3) is 0 Å². The molecule has 0 saturated heterocycles. The van der Waals surface area contributed by atoms with Crippen LogP contribution in [0.15, 0.2) is 12.7 Å². The van der Waals surface area contributed by atoms with E-state index in [2.05, 4.69) is 6.58 Å². The monoisotopic (exact) mass is 168 g/mol. The summed E-state index contributed by atoms with van der Waals surface area (Å²) in [5.74, 6) is 0.539. The van der Waals surface area contributed by atoms with Crippen molar-refractivity contribution in [3.8, 4) is 0 Å². The molecule has 1 N–H and O–H groups in total. The maximum absolute atomic E-state index is 9.93. The zero-order valence-corrected chi connectivity index (χ0v) is 8.05. The first kappa shape index (κ1) is 9.79. The fraction of sp³-hybridized carbons (Fsp3) is 0.818. The molecule has 2 atom stereocenters. The Labute approximate surface area is 75.5 Å². The third-order valence-corrected chi connectivity index (χ3v) is 3.08. The molecular weight excluding hydrogens is 148 g/mol. The Morgan fingerprint density at radius 3 is 2.92 bits per heavy atom. The summed E-state index contributed by atoms with van der Waals surface area (Å²) >= 11 is 0. The molecular formula is C11H20O. The van der Waals surface area contributed by atoms with Crippen LogP contribution >= 0.6 is 0 Å². The van der Waals surface area contributed by atoms with Crippen LogP contribution in [-0.4, -0.2) is 10.7 Å². The Bertz CT molecular complexity index is 149. The van der Waals surface area contributed by atoms with E-state index in [1.807, 2.05) is 13.0 Å². The Morgan fingerprint density at radius 1 is 1.67 bits per heavy atom. The van der Waals surface area contributed by atoms with Gasteiger partial charge in [0.25, 0.3) is 0 Å². The van der Waals surface area contributed by atoms with Gasteiger partial charge < -0.3 is 5.11 Å². The van der Waals surface area contributed by atoms with Gasteiger partial charge >= 0.3 is 0 Å². The van der Waals surface area contributed by atoms with Crippen LogP contribution in [0.4, 0.5) is 0 Å². The second-order valence-electron chi connectivity index (χ2n) is 4.17. The molecule has 1 rings (SSSR count). The van der Waals surface area contributed by atoms with E-state index in [1.165, 1.54) is 25.7 Å². The Kier molecular flexibility index (Phi) is 3.33. The summed E-state index contributed by atoms with van der Waals surface area (Å²) in [5, 5.41) is 9.93. The largest absolute Gasteiger partial charge is 0.390 e. The minimum absolute atomic E-state index is 0.374. The Hall–Kier alpha value is -0.300. The van der Waals surface area contributed by atoms with Crippen molar-refractivity contribution in [2.75, 3.05) is 0 Å². The molecule has 0 amide bonds. The second-order valence-corrected chi connectivity index (χ2v) is 4.17. The first-order valence-corrected chi connectivity index (χ1v) is 5.00. The minimum Gasteiger partial charge on any atom is -0.390 e. The van der Waals surface area contributed by atoms with E-state index < -0.39 is 0 Å². The van der Waals surface area contributed by atoms with Crippen LogP contribution in [0.2, 0.25) is 0 Å². The van der Waals surface area contributed by atoms with E-state index in [4.69, 9.17) is 0 Å². The van der Waals surface area contributed by atoms with Crippen molar-refractivity contribution in [3.63, 3.8) is 0 Å². The van der Waals surface area contributed by atoms with Gasteiger partial charge in [0, 0.05) is 0 Å². The smallest absolute Gasteiger partial charge is 0.0647 e. The Balaban J connectivity index is 2.26. The topological polar surface area (TPSA) is 20.2 Å². The molecule has 0 radical (unpaired) electrons. The van der Waals surface area contributed by atoms with Gasteiger partial charge in [-0.2, -0.15) is 0 Å². The molecule has 1 nitrogen and oxygen atoms in total. The normalized spacial score (nSPS) is 35.3. The summed E-state index contributed by atoms with van der Waals surface area (Å²) in [6.07, 6.45) is 8.81. The molecule has 12 heavy (non-hydrogen) atoms. The maximum atomic E-state index is 9.93. The predicted molar refractivity (Wildman–Crippen MR) is 52.0 cm³/mol. The second kappa shape index (κ2) is 4.08. The van der Waals surface area contributed by atoms with Gasteiger partial charge in [-0.3, -0.25) is 0 Å². The van der Waals surface area contributed by atoms with Gasteiger partial charge in [-0.25, -0.2) is 0 Å². The highest BCUT2D eigenvalue weighted by atomic mass is 16.3. The molecule has 1 saturated carbocycles. The summed E-state index contributed by atoms with van der Waals surface area (Å²) in [5.41, 5.74) is -0.374. The molecule has 70 valence electrons. The lowest BCUT2D eigenvalue weighted by Gasteiger charge is -2.25. The number of hydrogen-bond acceptors (Lipinski definition) is 1. The summed E-state index contributed by atoms with van der Waals surface area (Å²) in [4.78, 5) is 0. The summed E-state index contributed by atoms with van der Waals surface area (Å²) in [6.45, 7) is 5.68. The highest BCUT2D eigenvalue weighted by Crippen LogP contribution is 2.38. The van der Waals surface area contributed by atoms with Crippen molar-refractivity contribution < 1.29 is 5.11 Å². The van der Waals surface area contributed by atoms with Gasteiger partial charge in [0.15, 0.2) is 0 Å². The van der Waals surface area contributed by atoms with Crippen molar-refractivity contribution in [2.45, 2.75) is 51.0 Å². The first-order valence-electron chi connectivity index (χ1n) is 5.00. The lowest BCUT2D eigenvalue weighted by Crippen LogP contribution is -2.28. The van der Waals surface area contributed by atoms with Gasteiger partial charge in [0.2, 0.25) is 0 Å². The summed E-state index contributed by atoms with van der Waals surface area (Å²) < 4.78 is 0. The molecule has 0 bridgehead atoms. The van der Waals surface area contributed by atoms with Crippen molar-refractivity contribution in [2.24, 2.45) is 5.92 Å². The average Bonchev–Trinajstić information content (AvgIpc) is 2.32. The highest BCUT2D eigenvalue weighted by molar-refractivity contribution is 4.88. The lowest BCUT2D eigenvalue weighted by molar-refractivity contribution is 0.0173. The minimum atomic E-state index is -0.374. The van der Waals surface area contributed by atoms with Crippen LogP contribution in [0.1, 0.15) is 45.4 Å². The third-order valence-electron chi connectivity index (χ3n) is 3.08. The highest BCUT2D eigenvalue weighted by Gasteiger charge is 2.35. The number of unbranched alkanes of at least 4 members (excludes halogenated alkanes) is 1. The van der Waals surface area contributed by atoms with E-state index in [-0.39, 0.29) is 5.60 Å². The van der Waals surface area contributed by atoms with Crippen LogP contribution in [0.5, 0.6) is 0 Å². The quantitative estimate of drug-likeness (QED) is 0.505. The third kappa shape index (κ3) is 2.34. The lowest BCUT2D eigenvalue weighted by atomic mass is 9.88. The molecule has 1 aliphatic rings. The standard InChI is InChI=1S/C11H20O/c1-3-4-5-7-10-8-6-9-11(10,2)12/h3,10,12H,1,4-9H2,2H3/t10-,11-/m0/s1. The number of hydrogen-bond donors (Lipinski definition) is 1. The molecule has 0 spiro atoms. The van der Waals surface area contributed by atoms with Crippen LogP contribution in [-0.2, 0) is 0 Å². The number of aliphatic hydroxyl groups is 1. The van der Waals surface area contributed by atoms with Crippen molar-refractivity contribution in [1.82, 2.24) is 0 Å². The van der Waals surface area contributed by atoms with E-state index in [9.17, 15) is 5.11 Å². The number of allylic oxidation sites excluding steroid dienone is 1. The van der Waals surface area contributed by atoms with Crippen molar-refractivity contribution in [3.05, 3.63) is 12.7 Å². The number of rotatable bonds is 4. The maximum Gasteiger partial charge on any atom is 0.0647 e. The molecule has 0 aromatic heterocycles. The molecule has 0 unspecified atom stereocenters. The zero-order valence-electron chi connectivity index (χ0n) is 8.05. The van der Waals surface area contributed by atoms with Gasteiger partial charge in [-0.1, -0.05) is 12.5 Å². The van der Waals surface area contributed by atoms with E-state index in [1.54, 1.807) is 0 Å². The molecule has 0 heterocycles. The fourth-order valence-corrected chi connectivity index (χ4v) is 2.19. The van der Waals surface area contributed by atoms with Crippen LogP contribution in [0, 0.1) is 5.92 Å². The molecule has 1 fully saturated rings. The zero-order chi connectivity index (χ0) is 9.03. The van der Waals surface area contributed by atoms with Gasteiger partial charge in [0.1, 0.15) is 0 Å². The predicted octanol–water partition coefficient (Wildman–Crippen LogP) is 2.89. The summed E-state index contributed by atoms with van der Waals surface area (Å²) in [6, 6.07) is 0. The van der Waals surface area contributed by atoms with Crippen molar-refractivity contribution in [1.29, 1.82) is 0 Å². The molecule has 0 aromatic carbocycles. The molecule has 1 aliphatic carbocycles. The summed E-state index contributed by atoms with van der Waals surface area (Å²) in [7, 11) is 0. The average molecular weight is 168 g/mol. The van der Waals surface area contributed by atoms with Crippen molar-refractivity contribution >= 4 is 0 Å². The fourth-order valence-electron chi connectivity index (χ4n) is 2.19. The Morgan fingerprint density at radius 2 is 2.42 bits per heavy atom. The van der Waals surface area contributed by atoms with Crippen LogP contribution in [0.3, 0.4) is 0 Å². The van der Waals surface area contributed by atoms with E-state index in [0.717, 1.165) is 12.8 Å². The van der Waals surface area contributed by atoms with E-state index in [0.29, 0.717) is 5.92 Å². The first-order chi connectivity index (χ1) is 5.67. The van der Waals surface area contributed by atoms with Gasteiger partial charge in [-0.05, 0) is 44.9 Å². The SMILES string of the molecule is C=CCCC[C@H]1CCC[C@]1(C)O. The molecule has 0 aliphatic heterocycles.